The van der Waals surface area contributed by atoms with Crippen molar-refractivity contribution in [3.8, 4) is 0 Å². The molecule has 0 radical (unpaired) electrons. The number of hydrogen-bond acceptors (Lipinski definition) is 4. The van der Waals surface area contributed by atoms with E-state index in [1.165, 1.54) is 24.3 Å². The summed E-state index contributed by atoms with van der Waals surface area (Å²) in [6.45, 7) is 0.579. The molecule has 0 spiro atoms. The zero-order valence-electron chi connectivity index (χ0n) is 14.9. The van der Waals surface area contributed by atoms with Crippen molar-refractivity contribution >= 4 is 58.3 Å². The van der Waals surface area contributed by atoms with Gasteiger partial charge in [0.15, 0.2) is 0 Å². The van der Waals surface area contributed by atoms with Crippen LogP contribution < -0.4 is 0 Å². The molecule has 2 rings (SSSR count). The van der Waals surface area contributed by atoms with E-state index in [2.05, 4.69) is 0 Å². The summed E-state index contributed by atoms with van der Waals surface area (Å²) in [5.74, 6) is -0.953. The molecule has 0 saturated carbocycles. The van der Waals surface area contributed by atoms with Crippen LogP contribution in [0.3, 0.4) is 0 Å². The SMILES string of the molecule is O=C(OCCCCCCOC(=O)c1ccc(Cl)cc1Cl)c1ccc(Cl)cc1Cl. The summed E-state index contributed by atoms with van der Waals surface area (Å²) in [4.78, 5) is 23.9. The fourth-order valence-electron chi connectivity index (χ4n) is 2.35. The Morgan fingerprint density at radius 3 is 1.39 bits per heavy atom. The van der Waals surface area contributed by atoms with Gasteiger partial charge in [-0.15, -0.1) is 0 Å². The molecule has 0 N–H and O–H groups in total. The minimum absolute atomic E-state index is 0.264. The molecule has 2 aromatic carbocycles. The van der Waals surface area contributed by atoms with E-state index in [-0.39, 0.29) is 23.3 Å². The van der Waals surface area contributed by atoms with E-state index in [0.717, 1.165) is 12.8 Å². The molecule has 0 unspecified atom stereocenters. The van der Waals surface area contributed by atoms with E-state index in [1.54, 1.807) is 12.1 Å². The monoisotopic (exact) mass is 462 g/mol. The van der Waals surface area contributed by atoms with E-state index in [4.69, 9.17) is 55.9 Å². The summed E-state index contributed by atoms with van der Waals surface area (Å²) in [6.07, 6.45) is 3.07. The van der Waals surface area contributed by atoms with Crippen molar-refractivity contribution in [1.29, 1.82) is 0 Å². The highest BCUT2D eigenvalue weighted by Gasteiger charge is 2.13. The fraction of sp³-hybridized carbons (Fsp3) is 0.300. The Morgan fingerprint density at radius 1 is 0.643 bits per heavy atom. The van der Waals surface area contributed by atoms with Crippen molar-refractivity contribution < 1.29 is 19.1 Å². The van der Waals surface area contributed by atoms with Crippen LogP contribution >= 0.6 is 46.4 Å². The molecular formula is C20H18Cl4O4. The number of rotatable bonds is 9. The van der Waals surface area contributed by atoms with Crippen LogP contribution in [-0.2, 0) is 9.47 Å². The molecule has 0 amide bonds. The quantitative estimate of drug-likeness (QED) is 0.300. The summed E-state index contributed by atoms with van der Waals surface area (Å²) < 4.78 is 10.4. The van der Waals surface area contributed by atoms with Gasteiger partial charge < -0.3 is 9.47 Å². The highest BCUT2D eigenvalue weighted by molar-refractivity contribution is 6.37. The van der Waals surface area contributed by atoms with Crippen molar-refractivity contribution in [2.75, 3.05) is 13.2 Å². The lowest BCUT2D eigenvalue weighted by Crippen LogP contribution is -2.08. The molecule has 0 aliphatic carbocycles. The van der Waals surface area contributed by atoms with Crippen LogP contribution in [0.2, 0.25) is 20.1 Å². The summed E-state index contributed by atoms with van der Waals surface area (Å²) >= 11 is 23.5. The number of carbonyl (C=O) groups excluding carboxylic acids is 2. The minimum Gasteiger partial charge on any atom is -0.462 e. The standard InChI is InChI=1S/C20H18Cl4O4/c21-13-5-7-15(17(23)11-13)19(25)27-9-3-1-2-4-10-28-20(26)16-8-6-14(22)12-18(16)24/h5-8,11-12H,1-4,9-10H2. The van der Waals surface area contributed by atoms with E-state index in [0.29, 0.717) is 34.0 Å². The maximum Gasteiger partial charge on any atom is 0.339 e. The molecule has 2 aromatic rings. The Hall–Kier alpha value is -1.46. The Bertz CT molecular complexity index is 769. The van der Waals surface area contributed by atoms with Gasteiger partial charge in [-0.25, -0.2) is 9.59 Å². The van der Waals surface area contributed by atoms with Crippen LogP contribution in [0.4, 0.5) is 0 Å². The number of esters is 2. The van der Waals surface area contributed by atoms with E-state index >= 15 is 0 Å². The van der Waals surface area contributed by atoms with Crippen molar-refractivity contribution in [3.63, 3.8) is 0 Å². The summed E-state index contributed by atoms with van der Waals surface area (Å²) in [5, 5.41) is 1.45. The maximum atomic E-state index is 11.9. The van der Waals surface area contributed by atoms with Crippen molar-refractivity contribution in [2.45, 2.75) is 25.7 Å². The number of halogens is 4. The molecule has 0 saturated heterocycles. The van der Waals surface area contributed by atoms with Crippen molar-refractivity contribution in [2.24, 2.45) is 0 Å². The van der Waals surface area contributed by atoms with Crippen molar-refractivity contribution in [1.82, 2.24) is 0 Å². The average molecular weight is 464 g/mol. The fourth-order valence-corrected chi connectivity index (χ4v) is 3.32. The molecule has 0 fully saturated rings. The molecule has 150 valence electrons. The largest absolute Gasteiger partial charge is 0.462 e. The summed E-state index contributed by atoms with van der Waals surface area (Å²) in [6, 6.07) is 9.24. The van der Waals surface area contributed by atoms with E-state index in [1.807, 2.05) is 0 Å². The van der Waals surface area contributed by atoms with Crippen molar-refractivity contribution in [3.05, 3.63) is 67.6 Å². The van der Waals surface area contributed by atoms with Gasteiger partial charge in [-0.05, 0) is 62.1 Å². The first kappa shape index (κ1) is 22.8. The topological polar surface area (TPSA) is 52.6 Å². The van der Waals surface area contributed by atoms with Crippen LogP contribution in [0.5, 0.6) is 0 Å². The van der Waals surface area contributed by atoms with Crippen LogP contribution in [0.15, 0.2) is 36.4 Å². The Kier molecular flexibility index (Phi) is 9.39. The molecule has 0 bridgehead atoms. The normalized spacial score (nSPS) is 10.6. The molecule has 8 heteroatoms. The molecule has 0 aliphatic rings. The van der Waals surface area contributed by atoms with E-state index in [9.17, 15) is 9.59 Å². The summed E-state index contributed by atoms with van der Waals surface area (Å²) in [7, 11) is 0. The third-order valence-corrected chi connectivity index (χ3v) is 4.90. The van der Waals surface area contributed by atoms with Crippen LogP contribution in [0, 0.1) is 0 Å². The zero-order valence-corrected chi connectivity index (χ0v) is 17.9. The number of carbonyl (C=O) groups is 2. The predicted octanol–water partition coefficient (Wildman–Crippen LogP) is 6.87. The van der Waals surface area contributed by atoms with Gasteiger partial charge >= 0.3 is 11.9 Å². The molecule has 0 aromatic heterocycles. The van der Waals surface area contributed by atoms with Gasteiger partial charge in [0, 0.05) is 10.0 Å². The van der Waals surface area contributed by atoms with Crippen LogP contribution in [0.25, 0.3) is 0 Å². The second kappa shape index (κ2) is 11.5. The van der Waals surface area contributed by atoms with Gasteiger partial charge in [0.25, 0.3) is 0 Å². The van der Waals surface area contributed by atoms with Gasteiger partial charge in [0.1, 0.15) is 0 Å². The highest BCUT2D eigenvalue weighted by atomic mass is 35.5. The zero-order chi connectivity index (χ0) is 20.5. The molecular weight excluding hydrogens is 446 g/mol. The smallest absolute Gasteiger partial charge is 0.339 e. The number of ether oxygens (including phenoxy) is 2. The lowest BCUT2D eigenvalue weighted by molar-refractivity contribution is 0.0474. The van der Waals surface area contributed by atoms with Gasteiger partial charge in [-0.3, -0.25) is 0 Å². The molecule has 0 heterocycles. The Balaban J connectivity index is 1.58. The second-order valence-electron chi connectivity index (χ2n) is 5.93. The highest BCUT2D eigenvalue weighted by Crippen LogP contribution is 2.22. The average Bonchev–Trinajstić information content (AvgIpc) is 2.63. The number of benzene rings is 2. The molecule has 4 nitrogen and oxygen atoms in total. The number of hydrogen-bond donors (Lipinski definition) is 0. The lowest BCUT2D eigenvalue weighted by Gasteiger charge is -2.08. The Morgan fingerprint density at radius 2 is 1.04 bits per heavy atom. The third kappa shape index (κ3) is 7.17. The molecule has 28 heavy (non-hydrogen) atoms. The third-order valence-electron chi connectivity index (χ3n) is 3.81. The summed E-state index contributed by atoms with van der Waals surface area (Å²) in [5.41, 5.74) is 0.581. The number of unbranched alkanes of at least 4 members (excludes halogenated alkanes) is 3. The molecule has 0 aliphatic heterocycles. The van der Waals surface area contributed by atoms with Crippen LogP contribution in [0.1, 0.15) is 46.4 Å². The van der Waals surface area contributed by atoms with Gasteiger partial charge in [-0.2, -0.15) is 0 Å². The maximum absolute atomic E-state index is 11.9. The second-order valence-corrected chi connectivity index (χ2v) is 7.62. The van der Waals surface area contributed by atoms with E-state index < -0.39 is 11.9 Å². The first-order chi connectivity index (χ1) is 13.4. The van der Waals surface area contributed by atoms with Crippen LogP contribution in [-0.4, -0.2) is 25.2 Å². The first-order valence-electron chi connectivity index (χ1n) is 8.63. The predicted molar refractivity (Wildman–Crippen MR) is 112 cm³/mol. The first-order valence-corrected chi connectivity index (χ1v) is 10.1. The van der Waals surface area contributed by atoms with Gasteiger partial charge in [0.05, 0.1) is 34.4 Å². The van der Waals surface area contributed by atoms with Gasteiger partial charge in [0.2, 0.25) is 0 Å². The Labute approximate surface area is 183 Å². The molecule has 0 atom stereocenters. The lowest BCUT2D eigenvalue weighted by atomic mass is 10.2. The minimum atomic E-state index is -0.476. The van der Waals surface area contributed by atoms with Gasteiger partial charge in [-0.1, -0.05) is 46.4 Å².